The first-order valence-corrected chi connectivity index (χ1v) is 8.12. The molecule has 0 bridgehead atoms. The van der Waals surface area contributed by atoms with Crippen LogP contribution in [0.4, 0.5) is 4.79 Å². The van der Waals surface area contributed by atoms with Crippen LogP contribution in [-0.4, -0.2) is 53.1 Å². The zero-order chi connectivity index (χ0) is 14.4. The van der Waals surface area contributed by atoms with Crippen molar-refractivity contribution in [2.75, 3.05) is 25.1 Å². The molecule has 0 aliphatic carbocycles. The highest BCUT2D eigenvalue weighted by Gasteiger charge is 2.28. The second-order valence-electron chi connectivity index (χ2n) is 5.31. The molecule has 1 heterocycles. The molecule has 5 nitrogen and oxygen atoms in total. The average molecular weight is 288 g/mol. The molecule has 1 aliphatic rings. The topological polar surface area (TPSA) is 69.6 Å². The molecule has 0 aromatic carbocycles. The van der Waals surface area contributed by atoms with E-state index >= 15 is 0 Å². The number of aliphatic carboxylic acids is 1. The lowest BCUT2D eigenvalue weighted by molar-refractivity contribution is -0.139. The molecule has 0 radical (unpaired) electrons. The first kappa shape index (κ1) is 16.1. The molecule has 0 saturated carbocycles. The van der Waals surface area contributed by atoms with Crippen LogP contribution in [0, 0.1) is 11.8 Å². The molecule has 1 saturated heterocycles. The number of rotatable bonds is 5. The van der Waals surface area contributed by atoms with E-state index < -0.39 is 12.0 Å². The molecule has 0 aromatic heterocycles. The maximum atomic E-state index is 12.1. The Bertz CT molecular complexity index is 325. The molecule has 2 amide bonds. The van der Waals surface area contributed by atoms with Crippen molar-refractivity contribution < 1.29 is 14.7 Å². The third kappa shape index (κ3) is 4.93. The van der Waals surface area contributed by atoms with Gasteiger partial charge in [0.2, 0.25) is 0 Å². The van der Waals surface area contributed by atoms with Crippen molar-refractivity contribution in [3.8, 4) is 0 Å². The summed E-state index contributed by atoms with van der Waals surface area (Å²) in [7, 11) is 0. The van der Waals surface area contributed by atoms with Crippen LogP contribution in [0.3, 0.4) is 0 Å². The molecule has 1 rings (SSSR count). The lowest BCUT2D eigenvalue weighted by Crippen LogP contribution is -2.51. The molecule has 1 fully saturated rings. The number of hydrogen-bond acceptors (Lipinski definition) is 3. The quantitative estimate of drug-likeness (QED) is 0.810. The number of likely N-dealkylation sites (tertiary alicyclic amines) is 1. The molecule has 110 valence electrons. The zero-order valence-electron chi connectivity index (χ0n) is 11.9. The van der Waals surface area contributed by atoms with Crippen LogP contribution in [0.5, 0.6) is 0 Å². The van der Waals surface area contributed by atoms with Gasteiger partial charge in [0.1, 0.15) is 6.04 Å². The second-order valence-corrected chi connectivity index (χ2v) is 6.30. The van der Waals surface area contributed by atoms with Gasteiger partial charge < -0.3 is 15.3 Å². The van der Waals surface area contributed by atoms with Gasteiger partial charge in [0, 0.05) is 13.1 Å². The van der Waals surface area contributed by atoms with Crippen LogP contribution in [0.15, 0.2) is 0 Å². The molecular weight excluding hydrogens is 264 g/mol. The second kappa shape index (κ2) is 7.62. The fraction of sp³-hybridized carbons (Fsp3) is 0.846. The SMILES string of the molecule is CSCC[C@@H](NC(=O)N1CCC(C)C(C)C1)C(=O)O. The van der Waals surface area contributed by atoms with Gasteiger partial charge in [-0.1, -0.05) is 13.8 Å². The number of hydrogen-bond donors (Lipinski definition) is 2. The van der Waals surface area contributed by atoms with Crippen molar-refractivity contribution in [3.05, 3.63) is 0 Å². The summed E-state index contributed by atoms with van der Waals surface area (Å²) in [6.07, 6.45) is 3.37. The number of amides is 2. The summed E-state index contributed by atoms with van der Waals surface area (Å²) in [6.45, 7) is 5.75. The Hall–Kier alpha value is -0.910. The summed E-state index contributed by atoms with van der Waals surface area (Å²) in [5.74, 6) is 0.857. The van der Waals surface area contributed by atoms with E-state index in [1.807, 2.05) is 6.26 Å². The van der Waals surface area contributed by atoms with Crippen molar-refractivity contribution in [1.29, 1.82) is 0 Å². The van der Waals surface area contributed by atoms with E-state index in [9.17, 15) is 9.59 Å². The van der Waals surface area contributed by atoms with Crippen molar-refractivity contribution in [2.45, 2.75) is 32.7 Å². The highest BCUT2D eigenvalue weighted by Crippen LogP contribution is 2.22. The lowest BCUT2D eigenvalue weighted by atomic mass is 9.89. The van der Waals surface area contributed by atoms with Gasteiger partial charge in [0.05, 0.1) is 0 Å². The minimum absolute atomic E-state index is 0.243. The summed E-state index contributed by atoms with van der Waals surface area (Å²) in [6, 6.07) is -1.03. The first-order chi connectivity index (χ1) is 8.95. The lowest BCUT2D eigenvalue weighted by Gasteiger charge is -2.35. The minimum Gasteiger partial charge on any atom is -0.480 e. The zero-order valence-corrected chi connectivity index (χ0v) is 12.7. The Labute approximate surface area is 119 Å². The largest absolute Gasteiger partial charge is 0.480 e. The van der Waals surface area contributed by atoms with Crippen LogP contribution in [0.2, 0.25) is 0 Å². The molecule has 19 heavy (non-hydrogen) atoms. The van der Waals surface area contributed by atoms with Gasteiger partial charge in [-0.05, 0) is 36.7 Å². The number of carboxylic acids is 1. The van der Waals surface area contributed by atoms with Crippen LogP contribution in [0.1, 0.15) is 26.7 Å². The van der Waals surface area contributed by atoms with Gasteiger partial charge in [0.15, 0.2) is 0 Å². The highest BCUT2D eigenvalue weighted by atomic mass is 32.2. The summed E-state index contributed by atoms with van der Waals surface area (Å²) >= 11 is 1.58. The standard InChI is InChI=1S/C13H24N2O3S/c1-9-4-6-15(8-10(9)2)13(18)14-11(12(16)17)5-7-19-3/h9-11H,4-8H2,1-3H3,(H,14,18)(H,16,17)/t9?,10?,11-/m1/s1. The maximum Gasteiger partial charge on any atom is 0.326 e. The van der Waals surface area contributed by atoms with E-state index in [1.165, 1.54) is 0 Å². The molecule has 6 heteroatoms. The van der Waals surface area contributed by atoms with E-state index in [0.29, 0.717) is 31.3 Å². The summed E-state index contributed by atoms with van der Waals surface area (Å²) in [5.41, 5.74) is 0. The molecular formula is C13H24N2O3S. The number of thioether (sulfide) groups is 1. The van der Waals surface area contributed by atoms with Crippen molar-refractivity contribution >= 4 is 23.8 Å². The molecule has 0 spiro atoms. The van der Waals surface area contributed by atoms with E-state index in [0.717, 1.165) is 12.2 Å². The van der Waals surface area contributed by atoms with Crippen LogP contribution < -0.4 is 5.32 Å². The number of carbonyl (C=O) groups is 2. The van der Waals surface area contributed by atoms with Crippen molar-refractivity contribution in [2.24, 2.45) is 11.8 Å². The molecule has 2 N–H and O–H groups in total. The van der Waals surface area contributed by atoms with Gasteiger partial charge in [-0.3, -0.25) is 0 Å². The Morgan fingerprint density at radius 3 is 2.63 bits per heavy atom. The Balaban J connectivity index is 2.50. The van der Waals surface area contributed by atoms with E-state index in [2.05, 4.69) is 19.2 Å². The normalized spacial score (nSPS) is 24.9. The fourth-order valence-electron chi connectivity index (χ4n) is 2.18. The summed E-state index contributed by atoms with van der Waals surface area (Å²) < 4.78 is 0. The fourth-order valence-corrected chi connectivity index (χ4v) is 2.65. The van der Waals surface area contributed by atoms with Crippen molar-refractivity contribution in [3.63, 3.8) is 0 Å². The number of urea groups is 1. The van der Waals surface area contributed by atoms with Gasteiger partial charge in [-0.15, -0.1) is 0 Å². The van der Waals surface area contributed by atoms with Gasteiger partial charge >= 0.3 is 12.0 Å². The van der Waals surface area contributed by atoms with Crippen LogP contribution in [-0.2, 0) is 4.79 Å². The summed E-state index contributed by atoms with van der Waals surface area (Å²) in [5, 5.41) is 11.7. The van der Waals surface area contributed by atoms with Gasteiger partial charge in [-0.2, -0.15) is 11.8 Å². The number of carboxylic acid groups (broad SMARTS) is 1. The molecule has 0 aromatic rings. The smallest absolute Gasteiger partial charge is 0.326 e. The predicted molar refractivity (Wildman–Crippen MR) is 77.5 cm³/mol. The van der Waals surface area contributed by atoms with E-state index in [1.54, 1.807) is 16.7 Å². The molecule has 3 atom stereocenters. The Kier molecular flexibility index (Phi) is 6.48. The number of nitrogens with zero attached hydrogens (tertiary/aromatic N) is 1. The van der Waals surface area contributed by atoms with Gasteiger partial charge in [-0.25, -0.2) is 9.59 Å². The third-order valence-electron chi connectivity index (χ3n) is 3.83. The number of nitrogens with one attached hydrogen (secondary N) is 1. The third-order valence-corrected chi connectivity index (χ3v) is 4.47. The maximum absolute atomic E-state index is 12.1. The monoisotopic (exact) mass is 288 g/mol. The average Bonchev–Trinajstić information content (AvgIpc) is 2.37. The molecule has 2 unspecified atom stereocenters. The van der Waals surface area contributed by atoms with Crippen LogP contribution in [0.25, 0.3) is 0 Å². The van der Waals surface area contributed by atoms with Gasteiger partial charge in [0.25, 0.3) is 0 Å². The van der Waals surface area contributed by atoms with E-state index in [4.69, 9.17) is 5.11 Å². The number of carbonyl (C=O) groups excluding carboxylic acids is 1. The first-order valence-electron chi connectivity index (χ1n) is 6.72. The van der Waals surface area contributed by atoms with E-state index in [-0.39, 0.29) is 6.03 Å². The Morgan fingerprint density at radius 2 is 2.11 bits per heavy atom. The Morgan fingerprint density at radius 1 is 1.42 bits per heavy atom. The summed E-state index contributed by atoms with van der Waals surface area (Å²) in [4.78, 5) is 24.9. The van der Waals surface area contributed by atoms with Crippen molar-refractivity contribution in [1.82, 2.24) is 10.2 Å². The number of piperidine rings is 1. The predicted octanol–water partition coefficient (Wildman–Crippen LogP) is 1.88. The molecule has 1 aliphatic heterocycles. The highest BCUT2D eigenvalue weighted by molar-refractivity contribution is 7.98. The van der Waals surface area contributed by atoms with Crippen LogP contribution >= 0.6 is 11.8 Å². The minimum atomic E-state index is -0.958.